The van der Waals surface area contributed by atoms with Crippen molar-refractivity contribution in [2.45, 2.75) is 13.3 Å². The molecule has 1 N–H and O–H groups in total. The summed E-state index contributed by atoms with van der Waals surface area (Å²) in [6.45, 7) is 1.80. The lowest BCUT2D eigenvalue weighted by molar-refractivity contribution is 0.0988. The number of nitrogens with zero attached hydrogens (tertiary/aromatic N) is 1. The van der Waals surface area contributed by atoms with Gasteiger partial charge in [-0.25, -0.2) is 4.79 Å². The zero-order chi connectivity index (χ0) is 11.5. The number of aromatic amines is 1. The van der Waals surface area contributed by atoms with Crippen molar-refractivity contribution in [3.05, 3.63) is 40.4 Å². The molecule has 0 spiro atoms. The SMILES string of the molecule is CCC(=O)c1cccc(-c2noc(=O)[nH]2)c1. The van der Waals surface area contributed by atoms with Gasteiger partial charge in [-0.1, -0.05) is 30.3 Å². The Bertz CT molecular complexity index is 568. The molecule has 0 aliphatic carbocycles. The first kappa shape index (κ1) is 10.4. The predicted molar refractivity (Wildman–Crippen MR) is 57.2 cm³/mol. The van der Waals surface area contributed by atoms with E-state index in [4.69, 9.17) is 0 Å². The van der Waals surface area contributed by atoms with Gasteiger partial charge in [-0.3, -0.25) is 14.3 Å². The number of aromatic nitrogens is 2. The van der Waals surface area contributed by atoms with Gasteiger partial charge in [0.25, 0.3) is 0 Å². The monoisotopic (exact) mass is 218 g/mol. The maximum Gasteiger partial charge on any atom is 0.439 e. The molecule has 0 saturated carbocycles. The molecule has 0 aliphatic heterocycles. The van der Waals surface area contributed by atoms with Gasteiger partial charge in [0.1, 0.15) is 0 Å². The summed E-state index contributed by atoms with van der Waals surface area (Å²) in [5.41, 5.74) is 1.26. The number of H-pyrrole nitrogens is 1. The van der Waals surface area contributed by atoms with Crippen molar-refractivity contribution >= 4 is 5.78 Å². The van der Waals surface area contributed by atoms with Gasteiger partial charge in [-0.2, -0.15) is 0 Å². The van der Waals surface area contributed by atoms with Crippen molar-refractivity contribution in [1.29, 1.82) is 0 Å². The minimum atomic E-state index is -0.609. The molecule has 1 aromatic heterocycles. The number of benzene rings is 1. The lowest BCUT2D eigenvalue weighted by atomic mass is 10.1. The van der Waals surface area contributed by atoms with E-state index in [0.717, 1.165) is 0 Å². The molecule has 5 nitrogen and oxygen atoms in total. The fourth-order valence-electron chi connectivity index (χ4n) is 1.40. The van der Waals surface area contributed by atoms with E-state index < -0.39 is 5.76 Å². The second-order valence-corrected chi connectivity index (χ2v) is 3.30. The molecule has 0 bridgehead atoms. The van der Waals surface area contributed by atoms with Crippen molar-refractivity contribution in [3.63, 3.8) is 0 Å². The van der Waals surface area contributed by atoms with Crippen LogP contribution >= 0.6 is 0 Å². The third kappa shape index (κ3) is 1.93. The highest BCUT2D eigenvalue weighted by Gasteiger charge is 2.07. The number of hydrogen-bond acceptors (Lipinski definition) is 4. The Kier molecular flexibility index (Phi) is 2.68. The number of rotatable bonds is 3. The zero-order valence-electron chi connectivity index (χ0n) is 8.69. The van der Waals surface area contributed by atoms with Gasteiger partial charge in [0.05, 0.1) is 0 Å². The molecule has 2 aromatic rings. The molecule has 0 amide bonds. The van der Waals surface area contributed by atoms with Crippen LogP contribution in [0.2, 0.25) is 0 Å². The number of ketones is 1. The van der Waals surface area contributed by atoms with Crippen molar-refractivity contribution in [2.24, 2.45) is 0 Å². The second-order valence-electron chi connectivity index (χ2n) is 3.30. The first-order valence-electron chi connectivity index (χ1n) is 4.90. The molecular weight excluding hydrogens is 208 g/mol. The van der Waals surface area contributed by atoms with E-state index in [2.05, 4.69) is 14.7 Å². The number of Topliss-reactive ketones (excluding diaryl/α,β-unsaturated/α-hetero) is 1. The van der Waals surface area contributed by atoms with Crippen LogP contribution in [0.15, 0.2) is 33.6 Å². The summed E-state index contributed by atoms with van der Waals surface area (Å²) < 4.78 is 4.40. The Morgan fingerprint density at radius 2 is 2.31 bits per heavy atom. The maximum atomic E-state index is 11.5. The normalized spacial score (nSPS) is 10.3. The van der Waals surface area contributed by atoms with Gasteiger partial charge in [0.15, 0.2) is 11.6 Å². The lowest BCUT2D eigenvalue weighted by Crippen LogP contribution is -1.97. The average molecular weight is 218 g/mol. The first-order chi connectivity index (χ1) is 7.70. The van der Waals surface area contributed by atoms with E-state index >= 15 is 0 Å². The van der Waals surface area contributed by atoms with Crippen molar-refractivity contribution in [2.75, 3.05) is 0 Å². The van der Waals surface area contributed by atoms with Crippen LogP contribution in [0.25, 0.3) is 11.4 Å². The van der Waals surface area contributed by atoms with Crippen molar-refractivity contribution in [1.82, 2.24) is 10.1 Å². The Balaban J connectivity index is 2.43. The molecule has 1 aromatic carbocycles. The van der Waals surface area contributed by atoms with Crippen LogP contribution in [-0.2, 0) is 0 Å². The summed E-state index contributed by atoms with van der Waals surface area (Å²) >= 11 is 0. The number of hydrogen-bond donors (Lipinski definition) is 1. The molecule has 0 unspecified atom stereocenters. The molecule has 0 aliphatic rings. The average Bonchev–Trinajstić information content (AvgIpc) is 2.75. The Morgan fingerprint density at radius 1 is 1.50 bits per heavy atom. The summed E-state index contributed by atoms with van der Waals surface area (Å²) in [5, 5.41) is 3.56. The molecular formula is C11H10N2O3. The van der Waals surface area contributed by atoms with Gasteiger partial charge >= 0.3 is 5.76 Å². The van der Waals surface area contributed by atoms with E-state index in [1.165, 1.54) is 0 Å². The fraction of sp³-hybridized carbons (Fsp3) is 0.182. The van der Waals surface area contributed by atoms with E-state index in [1.807, 2.05) is 0 Å². The summed E-state index contributed by atoms with van der Waals surface area (Å²) in [7, 11) is 0. The molecule has 5 heteroatoms. The third-order valence-corrected chi connectivity index (χ3v) is 2.22. The van der Waals surface area contributed by atoms with Crippen LogP contribution < -0.4 is 5.76 Å². The van der Waals surface area contributed by atoms with Crippen LogP contribution in [0, 0.1) is 0 Å². The van der Waals surface area contributed by atoms with Gasteiger partial charge in [0, 0.05) is 17.5 Å². The zero-order valence-corrected chi connectivity index (χ0v) is 8.69. The van der Waals surface area contributed by atoms with E-state index in [-0.39, 0.29) is 5.78 Å². The molecule has 0 fully saturated rings. The minimum Gasteiger partial charge on any atom is -0.296 e. The predicted octanol–water partition coefficient (Wildman–Crippen LogP) is 1.62. The van der Waals surface area contributed by atoms with Crippen LogP contribution in [0.4, 0.5) is 0 Å². The number of carbonyl (C=O) groups is 1. The maximum absolute atomic E-state index is 11.5. The largest absolute Gasteiger partial charge is 0.439 e. The second kappa shape index (κ2) is 4.14. The Labute approximate surface area is 91.1 Å². The lowest BCUT2D eigenvalue weighted by Gasteiger charge is -1.99. The van der Waals surface area contributed by atoms with Crippen LogP contribution in [0.3, 0.4) is 0 Å². The molecule has 16 heavy (non-hydrogen) atoms. The highest BCUT2D eigenvalue weighted by molar-refractivity contribution is 5.96. The summed E-state index contributed by atoms with van der Waals surface area (Å²) in [5.74, 6) is -0.231. The summed E-state index contributed by atoms with van der Waals surface area (Å²) in [4.78, 5) is 24.7. The Morgan fingerprint density at radius 3 is 2.94 bits per heavy atom. The van der Waals surface area contributed by atoms with E-state index in [9.17, 15) is 9.59 Å². The standard InChI is InChI=1S/C11H10N2O3/c1-2-9(14)7-4-3-5-8(6-7)10-12-11(15)16-13-10/h3-6H,2H2,1H3,(H,12,13,15). The fourth-order valence-corrected chi connectivity index (χ4v) is 1.40. The van der Waals surface area contributed by atoms with Gasteiger partial charge in [-0.05, 0) is 6.07 Å². The minimum absolute atomic E-state index is 0.0488. The summed E-state index contributed by atoms with van der Waals surface area (Å²) in [6.07, 6.45) is 0.443. The number of carbonyl (C=O) groups excluding carboxylic acids is 1. The first-order valence-corrected chi connectivity index (χ1v) is 4.90. The molecule has 0 atom stereocenters. The van der Waals surface area contributed by atoms with Crippen molar-refractivity contribution in [3.8, 4) is 11.4 Å². The summed E-state index contributed by atoms with van der Waals surface area (Å²) in [6, 6.07) is 6.90. The topological polar surface area (TPSA) is 76.0 Å². The van der Waals surface area contributed by atoms with Crippen LogP contribution in [-0.4, -0.2) is 15.9 Å². The van der Waals surface area contributed by atoms with Gasteiger partial charge < -0.3 is 0 Å². The number of nitrogens with one attached hydrogen (secondary N) is 1. The highest BCUT2D eigenvalue weighted by Crippen LogP contribution is 2.16. The highest BCUT2D eigenvalue weighted by atomic mass is 16.5. The Hall–Kier alpha value is -2.17. The van der Waals surface area contributed by atoms with E-state index in [1.54, 1.807) is 31.2 Å². The van der Waals surface area contributed by atoms with Gasteiger partial charge in [-0.15, -0.1) is 0 Å². The van der Waals surface area contributed by atoms with Crippen LogP contribution in [0.5, 0.6) is 0 Å². The van der Waals surface area contributed by atoms with Crippen LogP contribution in [0.1, 0.15) is 23.7 Å². The van der Waals surface area contributed by atoms with Gasteiger partial charge in [0.2, 0.25) is 0 Å². The quantitative estimate of drug-likeness (QED) is 0.794. The van der Waals surface area contributed by atoms with Crippen molar-refractivity contribution < 1.29 is 9.32 Å². The smallest absolute Gasteiger partial charge is 0.296 e. The molecule has 0 radical (unpaired) electrons. The molecule has 82 valence electrons. The third-order valence-electron chi connectivity index (χ3n) is 2.22. The van der Waals surface area contributed by atoms with E-state index in [0.29, 0.717) is 23.4 Å². The molecule has 2 rings (SSSR count). The molecule has 0 saturated heterocycles. The molecule has 1 heterocycles.